The van der Waals surface area contributed by atoms with Crippen molar-refractivity contribution in [3.63, 3.8) is 0 Å². The number of ether oxygens (including phenoxy) is 2. The molecule has 0 saturated heterocycles. The SMILES string of the molecule is O=C1C=CC(OC(=O)NC(=O)Oc2ccccc2)C1. The van der Waals surface area contributed by atoms with Gasteiger partial charge in [-0.3, -0.25) is 4.79 Å². The number of hydrogen-bond donors (Lipinski definition) is 1. The first-order valence-corrected chi connectivity index (χ1v) is 5.59. The van der Waals surface area contributed by atoms with Crippen LogP contribution in [0.15, 0.2) is 42.5 Å². The normalized spacial score (nSPS) is 17.1. The first kappa shape index (κ1) is 12.8. The molecule has 98 valence electrons. The Labute approximate surface area is 109 Å². The third-order valence-corrected chi connectivity index (χ3v) is 2.32. The van der Waals surface area contributed by atoms with Gasteiger partial charge in [-0.05, 0) is 24.3 Å². The molecule has 19 heavy (non-hydrogen) atoms. The summed E-state index contributed by atoms with van der Waals surface area (Å²) < 4.78 is 9.67. The van der Waals surface area contributed by atoms with Gasteiger partial charge in [-0.1, -0.05) is 18.2 Å². The average Bonchev–Trinajstić information content (AvgIpc) is 2.75. The maximum Gasteiger partial charge on any atom is 0.422 e. The van der Waals surface area contributed by atoms with Crippen molar-refractivity contribution in [2.75, 3.05) is 0 Å². The molecule has 1 aromatic carbocycles. The predicted molar refractivity (Wildman–Crippen MR) is 64.6 cm³/mol. The molecule has 0 aromatic heterocycles. The highest BCUT2D eigenvalue weighted by Gasteiger charge is 2.21. The third kappa shape index (κ3) is 3.95. The molecule has 0 bridgehead atoms. The molecule has 2 rings (SSSR count). The number of alkyl carbamates (subject to hydrolysis) is 1. The first-order chi connectivity index (χ1) is 9.13. The Kier molecular flexibility index (Phi) is 3.92. The monoisotopic (exact) mass is 261 g/mol. The van der Waals surface area contributed by atoms with Gasteiger partial charge < -0.3 is 9.47 Å². The van der Waals surface area contributed by atoms with E-state index in [0.29, 0.717) is 5.75 Å². The molecule has 1 N–H and O–H groups in total. The molecule has 0 heterocycles. The Balaban J connectivity index is 1.78. The van der Waals surface area contributed by atoms with Crippen LogP contribution in [0.5, 0.6) is 5.75 Å². The number of nitrogens with one attached hydrogen (secondary N) is 1. The number of allylic oxidation sites excluding steroid dienone is 1. The van der Waals surface area contributed by atoms with Crippen LogP contribution in [0.2, 0.25) is 0 Å². The van der Waals surface area contributed by atoms with Crippen LogP contribution in [0.1, 0.15) is 6.42 Å². The van der Waals surface area contributed by atoms with E-state index in [1.165, 1.54) is 12.2 Å². The Morgan fingerprint density at radius 3 is 2.53 bits per heavy atom. The van der Waals surface area contributed by atoms with Gasteiger partial charge in [-0.25, -0.2) is 14.9 Å². The Bertz CT molecular complexity index is 523. The zero-order chi connectivity index (χ0) is 13.7. The highest BCUT2D eigenvalue weighted by Crippen LogP contribution is 2.11. The number of ketones is 1. The summed E-state index contributed by atoms with van der Waals surface area (Å²) in [4.78, 5) is 33.6. The van der Waals surface area contributed by atoms with Crippen molar-refractivity contribution >= 4 is 18.0 Å². The van der Waals surface area contributed by atoms with E-state index in [0.717, 1.165) is 0 Å². The molecule has 1 unspecified atom stereocenters. The molecular weight excluding hydrogens is 250 g/mol. The second-order valence-corrected chi connectivity index (χ2v) is 3.80. The highest BCUT2D eigenvalue weighted by molar-refractivity contribution is 5.93. The van der Waals surface area contributed by atoms with Crippen LogP contribution < -0.4 is 10.1 Å². The van der Waals surface area contributed by atoms with Crippen LogP contribution in [0.3, 0.4) is 0 Å². The van der Waals surface area contributed by atoms with Gasteiger partial charge in [0.15, 0.2) is 5.78 Å². The lowest BCUT2D eigenvalue weighted by Gasteiger charge is -2.10. The van der Waals surface area contributed by atoms with E-state index in [-0.39, 0.29) is 12.2 Å². The van der Waals surface area contributed by atoms with E-state index in [1.807, 2.05) is 5.32 Å². The van der Waals surface area contributed by atoms with Crippen LogP contribution in [0, 0.1) is 0 Å². The third-order valence-electron chi connectivity index (χ3n) is 2.32. The number of amides is 2. The Morgan fingerprint density at radius 1 is 1.16 bits per heavy atom. The van der Waals surface area contributed by atoms with Crippen LogP contribution in [0.4, 0.5) is 9.59 Å². The minimum absolute atomic E-state index is 0.0984. The molecule has 6 heteroatoms. The molecule has 0 radical (unpaired) electrons. The maximum absolute atomic E-state index is 11.3. The molecule has 2 amide bonds. The smallest absolute Gasteiger partial charge is 0.422 e. The Morgan fingerprint density at radius 2 is 1.89 bits per heavy atom. The summed E-state index contributed by atoms with van der Waals surface area (Å²) in [5, 5.41) is 1.90. The van der Waals surface area contributed by atoms with Gasteiger partial charge >= 0.3 is 12.2 Å². The van der Waals surface area contributed by atoms with Gasteiger partial charge in [-0.2, -0.15) is 0 Å². The van der Waals surface area contributed by atoms with E-state index < -0.39 is 18.3 Å². The summed E-state index contributed by atoms with van der Waals surface area (Å²) in [5.41, 5.74) is 0. The number of benzene rings is 1. The van der Waals surface area contributed by atoms with Gasteiger partial charge in [0, 0.05) is 0 Å². The molecule has 0 aliphatic heterocycles. The number of hydrogen-bond acceptors (Lipinski definition) is 5. The largest absolute Gasteiger partial charge is 0.441 e. The fraction of sp³-hybridized carbons (Fsp3) is 0.154. The van der Waals surface area contributed by atoms with Crippen LogP contribution in [0.25, 0.3) is 0 Å². The quantitative estimate of drug-likeness (QED) is 0.877. The number of carbonyl (C=O) groups excluding carboxylic acids is 3. The van der Waals surface area contributed by atoms with Crippen molar-refractivity contribution in [1.29, 1.82) is 0 Å². The van der Waals surface area contributed by atoms with Gasteiger partial charge in [0.2, 0.25) is 0 Å². The fourth-order valence-electron chi connectivity index (χ4n) is 1.50. The zero-order valence-electron chi connectivity index (χ0n) is 9.87. The fourth-order valence-corrected chi connectivity index (χ4v) is 1.50. The lowest BCUT2D eigenvalue weighted by Crippen LogP contribution is -2.35. The highest BCUT2D eigenvalue weighted by atomic mass is 16.6. The van der Waals surface area contributed by atoms with E-state index in [2.05, 4.69) is 0 Å². The summed E-state index contributed by atoms with van der Waals surface area (Å²) in [6.45, 7) is 0. The average molecular weight is 261 g/mol. The Hall–Kier alpha value is -2.63. The summed E-state index contributed by atoms with van der Waals surface area (Å²) in [6.07, 6.45) is 0.373. The van der Waals surface area contributed by atoms with Gasteiger partial charge in [0.25, 0.3) is 0 Å². The number of rotatable bonds is 2. The lowest BCUT2D eigenvalue weighted by atomic mass is 10.3. The summed E-state index contributed by atoms with van der Waals surface area (Å²) in [5.74, 6) is 0.188. The second-order valence-electron chi connectivity index (χ2n) is 3.80. The van der Waals surface area contributed by atoms with Gasteiger partial charge in [-0.15, -0.1) is 0 Å². The van der Waals surface area contributed by atoms with Crippen LogP contribution in [-0.2, 0) is 9.53 Å². The molecule has 1 aliphatic rings. The van der Waals surface area contributed by atoms with Crippen molar-refractivity contribution in [2.45, 2.75) is 12.5 Å². The molecule has 6 nitrogen and oxygen atoms in total. The number of carbonyl (C=O) groups is 3. The van der Waals surface area contributed by atoms with Crippen molar-refractivity contribution in [2.24, 2.45) is 0 Å². The molecule has 0 spiro atoms. The van der Waals surface area contributed by atoms with Crippen LogP contribution in [-0.4, -0.2) is 24.1 Å². The molecule has 1 atom stereocenters. The summed E-state index contributed by atoms with van der Waals surface area (Å²) >= 11 is 0. The molecule has 1 aromatic rings. The summed E-state index contributed by atoms with van der Waals surface area (Å²) in [6, 6.07) is 8.29. The van der Waals surface area contributed by atoms with E-state index >= 15 is 0 Å². The number of imide groups is 1. The minimum Gasteiger partial charge on any atom is -0.441 e. The summed E-state index contributed by atoms with van der Waals surface area (Å²) in [7, 11) is 0. The zero-order valence-corrected chi connectivity index (χ0v) is 9.87. The van der Waals surface area contributed by atoms with Crippen LogP contribution >= 0.6 is 0 Å². The first-order valence-electron chi connectivity index (χ1n) is 5.59. The van der Waals surface area contributed by atoms with Crippen molar-refractivity contribution in [3.05, 3.63) is 42.5 Å². The molecule has 0 fully saturated rings. The maximum atomic E-state index is 11.3. The molecule has 0 saturated carbocycles. The topological polar surface area (TPSA) is 81.7 Å². The van der Waals surface area contributed by atoms with E-state index in [9.17, 15) is 14.4 Å². The molecule has 1 aliphatic carbocycles. The van der Waals surface area contributed by atoms with Crippen molar-refractivity contribution in [3.8, 4) is 5.75 Å². The van der Waals surface area contributed by atoms with Gasteiger partial charge in [0.05, 0.1) is 6.42 Å². The standard InChI is InChI=1S/C13H11NO5/c15-9-6-7-11(8-9)19-13(17)14-12(16)18-10-4-2-1-3-5-10/h1-7,11H,8H2,(H,14,16,17). The van der Waals surface area contributed by atoms with Gasteiger partial charge in [0.1, 0.15) is 11.9 Å². The van der Waals surface area contributed by atoms with Crippen molar-refractivity contribution < 1.29 is 23.9 Å². The van der Waals surface area contributed by atoms with Crippen molar-refractivity contribution in [1.82, 2.24) is 5.32 Å². The van der Waals surface area contributed by atoms with E-state index in [1.54, 1.807) is 30.3 Å². The minimum atomic E-state index is -0.953. The number of para-hydroxylation sites is 1. The predicted octanol–water partition coefficient (Wildman–Crippen LogP) is 1.81. The van der Waals surface area contributed by atoms with E-state index in [4.69, 9.17) is 9.47 Å². The lowest BCUT2D eigenvalue weighted by molar-refractivity contribution is -0.114. The molecular formula is C13H11NO5. The second kappa shape index (κ2) is 5.81.